The van der Waals surface area contributed by atoms with Gasteiger partial charge >= 0.3 is 0 Å². The molecule has 1 aliphatic rings. The van der Waals surface area contributed by atoms with Gasteiger partial charge < -0.3 is 14.8 Å². The molecule has 0 spiro atoms. The molecule has 0 radical (unpaired) electrons. The van der Waals surface area contributed by atoms with Gasteiger partial charge in [-0.15, -0.1) is 11.3 Å². The van der Waals surface area contributed by atoms with E-state index in [2.05, 4.69) is 10.3 Å². The third-order valence-corrected chi connectivity index (χ3v) is 5.81. The number of aromatic nitrogens is 1. The quantitative estimate of drug-likeness (QED) is 0.696. The minimum atomic E-state index is -0.0706. The second kappa shape index (κ2) is 7.33. The molecule has 0 aliphatic carbocycles. The smallest absolute Gasteiger partial charge is 0.234 e. The Bertz CT molecular complexity index is 877. The van der Waals surface area contributed by atoms with Gasteiger partial charge in [-0.25, -0.2) is 4.98 Å². The minimum Gasteiger partial charge on any atom is -0.490 e. The Labute approximate surface area is 153 Å². The Kier molecular flexibility index (Phi) is 4.76. The van der Waals surface area contributed by atoms with Crippen LogP contribution in [0.25, 0.3) is 10.2 Å². The molecule has 2 aromatic carbocycles. The summed E-state index contributed by atoms with van der Waals surface area (Å²) in [6, 6.07) is 13.4. The van der Waals surface area contributed by atoms with Crippen LogP contribution in [0, 0.1) is 0 Å². The zero-order valence-corrected chi connectivity index (χ0v) is 15.0. The molecule has 2 heterocycles. The number of carbonyl (C=O) groups is 1. The Morgan fingerprint density at radius 1 is 1.16 bits per heavy atom. The number of ether oxygens (including phenoxy) is 2. The van der Waals surface area contributed by atoms with Crippen LogP contribution >= 0.6 is 23.1 Å². The van der Waals surface area contributed by atoms with Crippen molar-refractivity contribution >= 4 is 44.9 Å². The fraction of sp³-hybridized carbons (Fsp3) is 0.222. The lowest BCUT2D eigenvalue weighted by Gasteiger charge is -2.10. The molecule has 0 unspecified atom stereocenters. The second-order valence-corrected chi connectivity index (χ2v) is 7.75. The number of amides is 1. The van der Waals surface area contributed by atoms with Gasteiger partial charge in [0.2, 0.25) is 5.91 Å². The lowest BCUT2D eigenvalue weighted by molar-refractivity contribution is -0.113. The number of rotatable bonds is 4. The van der Waals surface area contributed by atoms with E-state index in [1.165, 1.54) is 11.8 Å². The molecule has 1 amide bonds. The van der Waals surface area contributed by atoms with Gasteiger partial charge in [-0.1, -0.05) is 23.9 Å². The fourth-order valence-corrected chi connectivity index (χ4v) is 4.35. The Balaban J connectivity index is 1.38. The first-order chi connectivity index (χ1) is 12.3. The summed E-state index contributed by atoms with van der Waals surface area (Å²) in [6.45, 7) is 1.27. The van der Waals surface area contributed by atoms with Gasteiger partial charge in [0.25, 0.3) is 0 Å². The number of hydrogen-bond donors (Lipinski definition) is 1. The van der Waals surface area contributed by atoms with E-state index in [1.807, 2.05) is 36.4 Å². The van der Waals surface area contributed by atoms with Crippen molar-refractivity contribution in [1.29, 1.82) is 0 Å². The molecule has 0 bridgehead atoms. The summed E-state index contributed by atoms with van der Waals surface area (Å²) in [5.41, 5.74) is 1.68. The van der Waals surface area contributed by atoms with Gasteiger partial charge in [0, 0.05) is 18.2 Å². The van der Waals surface area contributed by atoms with Crippen molar-refractivity contribution in [2.24, 2.45) is 0 Å². The summed E-state index contributed by atoms with van der Waals surface area (Å²) in [5, 5.41) is 2.90. The SMILES string of the molecule is O=C(CSc1nc2ccccc2s1)Nc1ccc2c(c1)OCCCO2. The predicted octanol–water partition coefficient (Wildman–Crippen LogP) is 4.19. The summed E-state index contributed by atoms with van der Waals surface area (Å²) in [4.78, 5) is 16.7. The number of para-hydroxylation sites is 1. The van der Waals surface area contributed by atoms with Crippen molar-refractivity contribution in [3.8, 4) is 11.5 Å². The number of thioether (sulfide) groups is 1. The molecule has 25 heavy (non-hydrogen) atoms. The van der Waals surface area contributed by atoms with Crippen molar-refractivity contribution in [2.45, 2.75) is 10.8 Å². The molecule has 0 fully saturated rings. The molecule has 1 aromatic heterocycles. The third kappa shape index (κ3) is 3.88. The highest BCUT2D eigenvalue weighted by Gasteiger charge is 2.12. The number of anilines is 1. The van der Waals surface area contributed by atoms with Crippen LogP contribution in [0.3, 0.4) is 0 Å². The third-order valence-electron chi connectivity index (χ3n) is 3.63. The van der Waals surface area contributed by atoms with Crippen LogP contribution in [0.1, 0.15) is 6.42 Å². The maximum absolute atomic E-state index is 12.2. The van der Waals surface area contributed by atoms with Crippen LogP contribution in [0.4, 0.5) is 5.69 Å². The number of nitrogens with one attached hydrogen (secondary N) is 1. The summed E-state index contributed by atoms with van der Waals surface area (Å²) < 4.78 is 13.3. The molecule has 5 nitrogen and oxygen atoms in total. The molecule has 1 aliphatic heterocycles. The van der Waals surface area contributed by atoms with E-state index in [0.717, 1.165) is 26.7 Å². The van der Waals surface area contributed by atoms with Crippen LogP contribution < -0.4 is 14.8 Å². The van der Waals surface area contributed by atoms with E-state index in [-0.39, 0.29) is 5.91 Å². The van der Waals surface area contributed by atoms with E-state index in [9.17, 15) is 4.79 Å². The van der Waals surface area contributed by atoms with Crippen LogP contribution in [0.15, 0.2) is 46.8 Å². The topological polar surface area (TPSA) is 60.5 Å². The molecular formula is C18H16N2O3S2. The molecular weight excluding hydrogens is 356 g/mol. The Morgan fingerprint density at radius 3 is 2.88 bits per heavy atom. The lowest BCUT2D eigenvalue weighted by Crippen LogP contribution is -2.14. The van der Waals surface area contributed by atoms with Gasteiger partial charge in [0.05, 0.1) is 29.2 Å². The summed E-state index contributed by atoms with van der Waals surface area (Å²) in [7, 11) is 0. The van der Waals surface area contributed by atoms with Gasteiger partial charge in [-0.05, 0) is 24.3 Å². The first kappa shape index (κ1) is 16.2. The van der Waals surface area contributed by atoms with Gasteiger partial charge in [0.15, 0.2) is 15.8 Å². The highest BCUT2D eigenvalue weighted by Crippen LogP contribution is 2.33. The number of hydrogen-bond acceptors (Lipinski definition) is 6. The van der Waals surface area contributed by atoms with Crippen LogP contribution in [0.2, 0.25) is 0 Å². The maximum atomic E-state index is 12.2. The minimum absolute atomic E-state index is 0.0706. The monoisotopic (exact) mass is 372 g/mol. The van der Waals surface area contributed by atoms with Gasteiger partial charge in [-0.2, -0.15) is 0 Å². The normalized spacial score (nSPS) is 13.4. The second-order valence-electron chi connectivity index (χ2n) is 5.50. The van der Waals surface area contributed by atoms with E-state index in [1.54, 1.807) is 17.4 Å². The average molecular weight is 372 g/mol. The summed E-state index contributed by atoms with van der Waals surface area (Å²) in [6.07, 6.45) is 0.856. The fourth-order valence-electron chi connectivity index (χ4n) is 2.48. The van der Waals surface area contributed by atoms with E-state index < -0.39 is 0 Å². The maximum Gasteiger partial charge on any atom is 0.234 e. The summed E-state index contributed by atoms with van der Waals surface area (Å²) >= 11 is 3.05. The molecule has 7 heteroatoms. The highest BCUT2D eigenvalue weighted by atomic mass is 32.2. The zero-order valence-electron chi connectivity index (χ0n) is 13.4. The van der Waals surface area contributed by atoms with Crippen molar-refractivity contribution in [3.63, 3.8) is 0 Å². The van der Waals surface area contributed by atoms with E-state index in [4.69, 9.17) is 9.47 Å². The number of carbonyl (C=O) groups excluding carboxylic acids is 1. The van der Waals surface area contributed by atoms with Gasteiger partial charge in [-0.3, -0.25) is 4.79 Å². The molecule has 128 valence electrons. The highest BCUT2D eigenvalue weighted by molar-refractivity contribution is 8.01. The van der Waals surface area contributed by atoms with E-state index in [0.29, 0.717) is 30.4 Å². The van der Waals surface area contributed by atoms with Crippen LogP contribution in [-0.2, 0) is 4.79 Å². The molecule has 1 N–H and O–H groups in total. The van der Waals surface area contributed by atoms with E-state index >= 15 is 0 Å². The molecule has 0 saturated heterocycles. The van der Waals surface area contributed by atoms with Crippen molar-refractivity contribution < 1.29 is 14.3 Å². The van der Waals surface area contributed by atoms with Crippen molar-refractivity contribution in [3.05, 3.63) is 42.5 Å². The number of thiazole rings is 1. The number of benzene rings is 2. The molecule has 3 aromatic rings. The largest absolute Gasteiger partial charge is 0.490 e. The van der Waals surface area contributed by atoms with Crippen molar-refractivity contribution in [1.82, 2.24) is 4.98 Å². The van der Waals surface area contributed by atoms with Crippen molar-refractivity contribution in [2.75, 3.05) is 24.3 Å². The standard InChI is InChI=1S/C18H16N2O3S2/c21-17(11-24-18-20-13-4-1-2-5-16(13)25-18)19-12-6-7-14-15(10-12)23-9-3-8-22-14/h1-2,4-7,10H,3,8-9,11H2,(H,19,21). The lowest BCUT2D eigenvalue weighted by atomic mass is 10.2. The first-order valence-electron chi connectivity index (χ1n) is 7.96. The first-order valence-corrected chi connectivity index (χ1v) is 9.76. The van der Waals surface area contributed by atoms with Gasteiger partial charge in [0.1, 0.15) is 0 Å². The zero-order chi connectivity index (χ0) is 17.1. The summed E-state index contributed by atoms with van der Waals surface area (Å²) in [5.74, 6) is 1.64. The molecule has 4 rings (SSSR count). The Morgan fingerprint density at radius 2 is 2.00 bits per heavy atom. The predicted molar refractivity (Wildman–Crippen MR) is 101 cm³/mol. The van der Waals surface area contributed by atoms with Crippen LogP contribution in [0.5, 0.6) is 11.5 Å². The average Bonchev–Trinajstić information content (AvgIpc) is 2.90. The Hall–Kier alpha value is -2.25. The number of fused-ring (bicyclic) bond motifs is 2. The molecule has 0 atom stereocenters. The molecule has 0 saturated carbocycles. The van der Waals surface area contributed by atoms with Crippen LogP contribution in [-0.4, -0.2) is 29.9 Å². The number of nitrogens with zero attached hydrogens (tertiary/aromatic N) is 1.